The topological polar surface area (TPSA) is 54.4 Å². The molecule has 3 nitrogen and oxygen atoms in total. The lowest BCUT2D eigenvalue weighted by atomic mass is 10.1. The third-order valence-electron chi connectivity index (χ3n) is 1.84. The van der Waals surface area contributed by atoms with Gasteiger partial charge < -0.3 is 9.90 Å². The molecule has 0 radical (unpaired) electrons. The number of hydrogen-bond donors (Lipinski definition) is 1. The van der Waals surface area contributed by atoms with Crippen molar-refractivity contribution in [3.8, 4) is 0 Å². The van der Waals surface area contributed by atoms with Crippen molar-refractivity contribution in [2.75, 3.05) is 0 Å². The zero-order valence-electron chi connectivity index (χ0n) is 8.11. The Labute approximate surface area is 90.0 Å². The van der Waals surface area contributed by atoms with Gasteiger partial charge in [-0.2, -0.15) is 0 Å². The van der Waals surface area contributed by atoms with Crippen LogP contribution in [0.5, 0.6) is 0 Å². The number of halogens is 2. The number of allylic oxidation sites excluding steroid dienone is 1. The molecule has 0 bridgehead atoms. The number of hydrogen-bond acceptors (Lipinski definition) is 2. The Kier molecular flexibility index (Phi) is 3.88. The van der Waals surface area contributed by atoms with Crippen molar-refractivity contribution in [1.29, 1.82) is 0 Å². The lowest BCUT2D eigenvalue weighted by Gasteiger charge is -2.01. The monoisotopic (exact) mass is 226 g/mol. The summed E-state index contributed by atoms with van der Waals surface area (Å²) >= 11 is 0. The molecule has 5 heteroatoms. The highest BCUT2D eigenvalue weighted by atomic mass is 19.1. The molecule has 0 fully saturated rings. The summed E-state index contributed by atoms with van der Waals surface area (Å²) < 4.78 is 26.5. The standard InChI is InChI=1S/C11H8F2O3/c12-9-5-7(11(15)16)6-10(13)8(9)3-1-2-4-14/h1,3-6H,2H2,(H,15,16). The van der Waals surface area contributed by atoms with Crippen molar-refractivity contribution in [3.63, 3.8) is 0 Å². The van der Waals surface area contributed by atoms with Gasteiger partial charge in [0.1, 0.15) is 17.9 Å². The van der Waals surface area contributed by atoms with E-state index in [4.69, 9.17) is 5.11 Å². The second-order valence-corrected chi connectivity index (χ2v) is 2.96. The van der Waals surface area contributed by atoms with E-state index in [1.807, 2.05) is 0 Å². The van der Waals surface area contributed by atoms with Crippen LogP contribution in [0.25, 0.3) is 6.08 Å². The molecular weight excluding hydrogens is 218 g/mol. The minimum Gasteiger partial charge on any atom is -0.478 e. The van der Waals surface area contributed by atoms with Gasteiger partial charge >= 0.3 is 5.97 Å². The van der Waals surface area contributed by atoms with E-state index in [1.54, 1.807) is 0 Å². The predicted molar refractivity (Wildman–Crippen MR) is 53.0 cm³/mol. The molecule has 0 aliphatic rings. The lowest BCUT2D eigenvalue weighted by Crippen LogP contribution is -2.00. The molecule has 1 rings (SSSR count). The average Bonchev–Trinajstić information content (AvgIpc) is 2.21. The summed E-state index contributed by atoms with van der Waals surface area (Å²) in [5, 5.41) is 8.54. The van der Waals surface area contributed by atoms with Crippen LogP contribution in [0.1, 0.15) is 22.3 Å². The molecule has 0 atom stereocenters. The predicted octanol–water partition coefficient (Wildman–Crippen LogP) is 2.27. The maximum absolute atomic E-state index is 13.3. The van der Waals surface area contributed by atoms with Crippen LogP contribution in [0.3, 0.4) is 0 Å². The molecular formula is C11H8F2O3. The summed E-state index contributed by atoms with van der Waals surface area (Å²) in [6.07, 6.45) is 3.01. The smallest absolute Gasteiger partial charge is 0.335 e. The molecule has 84 valence electrons. The molecule has 0 aromatic heterocycles. The Morgan fingerprint density at radius 3 is 2.31 bits per heavy atom. The first kappa shape index (κ1) is 12.0. The van der Waals surface area contributed by atoms with Gasteiger partial charge in [-0.25, -0.2) is 13.6 Å². The van der Waals surface area contributed by atoms with Crippen LogP contribution < -0.4 is 0 Å². The maximum Gasteiger partial charge on any atom is 0.335 e. The largest absolute Gasteiger partial charge is 0.478 e. The van der Waals surface area contributed by atoms with E-state index in [-0.39, 0.29) is 12.0 Å². The first-order valence-electron chi connectivity index (χ1n) is 4.38. The Bertz CT molecular complexity index is 430. The number of benzene rings is 1. The number of carboxylic acid groups (broad SMARTS) is 1. The van der Waals surface area contributed by atoms with Crippen LogP contribution in [-0.4, -0.2) is 17.4 Å². The third-order valence-corrected chi connectivity index (χ3v) is 1.84. The molecule has 0 amide bonds. The van der Waals surface area contributed by atoms with Gasteiger partial charge in [0.2, 0.25) is 0 Å². The molecule has 0 heterocycles. The van der Waals surface area contributed by atoms with Crippen LogP contribution in [0, 0.1) is 11.6 Å². The first-order chi connectivity index (χ1) is 7.56. The van der Waals surface area contributed by atoms with Crippen molar-refractivity contribution in [2.24, 2.45) is 0 Å². The highest BCUT2D eigenvalue weighted by Gasteiger charge is 2.12. The van der Waals surface area contributed by atoms with Gasteiger partial charge in [0, 0.05) is 12.0 Å². The van der Waals surface area contributed by atoms with Crippen molar-refractivity contribution in [1.82, 2.24) is 0 Å². The van der Waals surface area contributed by atoms with Gasteiger partial charge in [0.05, 0.1) is 5.56 Å². The van der Waals surface area contributed by atoms with Gasteiger partial charge in [-0.1, -0.05) is 12.2 Å². The summed E-state index contributed by atoms with van der Waals surface area (Å²) in [5.74, 6) is -3.35. The maximum atomic E-state index is 13.3. The van der Waals surface area contributed by atoms with Gasteiger partial charge in [-0.3, -0.25) is 0 Å². The van der Waals surface area contributed by atoms with Crippen molar-refractivity contribution >= 4 is 18.3 Å². The minimum atomic E-state index is -1.40. The van der Waals surface area contributed by atoms with Crippen molar-refractivity contribution < 1.29 is 23.5 Å². The minimum absolute atomic E-state index is 0.0412. The molecule has 0 saturated carbocycles. The Morgan fingerprint density at radius 2 is 1.88 bits per heavy atom. The van der Waals surface area contributed by atoms with E-state index in [0.29, 0.717) is 6.29 Å². The number of rotatable bonds is 4. The number of carboxylic acids is 1. The van der Waals surface area contributed by atoms with Crippen molar-refractivity contribution in [2.45, 2.75) is 6.42 Å². The second kappa shape index (κ2) is 5.16. The lowest BCUT2D eigenvalue weighted by molar-refractivity contribution is -0.107. The molecule has 1 aromatic rings. The van der Waals surface area contributed by atoms with Crippen LogP contribution in [-0.2, 0) is 4.79 Å². The molecule has 0 aliphatic carbocycles. The van der Waals surface area contributed by atoms with Crippen LogP contribution in [0.4, 0.5) is 8.78 Å². The summed E-state index contributed by atoms with van der Waals surface area (Å²) in [5.41, 5.74) is -0.811. The van der Waals surface area contributed by atoms with E-state index in [0.717, 1.165) is 18.2 Å². The van der Waals surface area contributed by atoms with Gasteiger partial charge in [0.15, 0.2) is 0 Å². The molecule has 1 N–H and O–H groups in total. The van der Waals surface area contributed by atoms with Gasteiger partial charge in [0.25, 0.3) is 0 Å². The number of carbonyl (C=O) groups is 2. The van der Waals surface area contributed by atoms with E-state index in [1.165, 1.54) is 6.08 Å². The molecule has 1 aromatic carbocycles. The van der Waals surface area contributed by atoms with Gasteiger partial charge in [-0.15, -0.1) is 0 Å². The normalized spacial score (nSPS) is 10.6. The third kappa shape index (κ3) is 2.73. The summed E-state index contributed by atoms with van der Waals surface area (Å²) in [6.45, 7) is 0. The number of carbonyl (C=O) groups excluding carboxylic acids is 1. The fourth-order valence-electron chi connectivity index (χ4n) is 1.11. The molecule has 16 heavy (non-hydrogen) atoms. The Morgan fingerprint density at radius 1 is 1.31 bits per heavy atom. The van der Waals surface area contributed by atoms with E-state index < -0.39 is 23.2 Å². The second-order valence-electron chi connectivity index (χ2n) is 2.96. The van der Waals surface area contributed by atoms with Crippen LogP contribution >= 0.6 is 0 Å². The highest BCUT2D eigenvalue weighted by molar-refractivity contribution is 5.88. The van der Waals surface area contributed by atoms with Crippen molar-refractivity contribution in [3.05, 3.63) is 41.0 Å². The Balaban J connectivity index is 3.12. The highest BCUT2D eigenvalue weighted by Crippen LogP contribution is 2.17. The molecule has 0 aliphatic heterocycles. The molecule has 0 spiro atoms. The zero-order chi connectivity index (χ0) is 12.1. The first-order valence-corrected chi connectivity index (χ1v) is 4.38. The van der Waals surface area contributed by atoms with Crippen LogP contribution in [0.2, 0.25) is 0 Å². The van der Waals surface area contributed by atoms with E-state index >= 15 is 0 Å². The van der Waals surface area contributed by atoms with Crippen LogP contribution in [0.15, 0.2) is 18.2 Å². The zero-order valence-corrected chi connectivity index (χ0v) is 8.11. The van der Waals surface area contributed by atoms with Gasteiger partial charge in [-0.05, 0) is 12.1 Å². The number of aldehydes is 1. The van der Waals surface area contributed by atoms with E-state index in [2.05, 4.69) is 0 Å². The molecule has 0 saturated heterocycles. The summed E-state index contributed by atoms with van der Waals surface area (Å²) in [6, 6.07) is 1.46. The molecule has 0 unspecified atom stereocenters. The Hall–Kier alpha value is -2.04. The average molecular weight is 226 g/mol. The fourth-order valence-corrected chi connectivity index (χ4v) is 1.11. The number of aromatic carboxylic acids is 1. The summed E-state index contributed by atoms with van der Waals surface area (Å²) in [4.78, 5) is 20.5. The summed E-state index contributed by atoms with van der Waals surface area (Å²) in [7, 11) is 0. The SMILES string of the molecule is O=CCC=Cc1c(F)cc(C(=O)O)cc1F. The fraction of sp³-hybridized carbons (Fsp3) is 0.0909. The van der Waals surface area contributed by atoms with E-state index in [9.17, 15) is 18.4 Å². The quantitative estimate of drug-likeness (QED) is 0.801.